The molecule has 0 N–H and O–H groups in total. The highest BCUT2D eigenvalue weighted by molar-refractivity contribution is 5.84. The fourth-order valence-electron chi connectivity index (χ4n) is 4.04. The van der Waals surface area contributed by atoms with Crippen LogP contribution in [0.2, 0.25) is 0 Å². The molecule has 2 aromatic rings. The Labute approximate surface area is 174 Å². The molecule has 4 nitrogen and oxygen atoms in total. The lowest BCUT2D eigenvalue weighted by atomic mass is 9.73. The zero-order valence-electron chi connectivity index (χ0n) is 18.4. The average molecular weight is 397 g/mol. The Morgan fingerprint density at radius 3 is 1.72 bits per heavy atom. The molecule has 0 aliphatic heterocycles. The average Bonchev–Trinajstić information content (AvgIpc) is 2.74. The lowest BCUT2D eigenvalue weighted by Crippen LogP contribution is -2.17. The van der Waals surface area contributed by atoms with Gasteiger partial charge in [-0.05, 0) is 72.1 Å². The number of ether oxygens (including phenoxy) is 4. The second kappa shape index (κ2) is 8.81. The minimum atomic E-state index is 0.393. The predicted molar refractivity (Wildman–Crippen MR) is 117 cm³/mol. The largest absolute Gasteiger partial charge is 0.497 e. The summed E-state index contributed by atoms with van der Waals surface area (Å²) >= 11 is 0. The Bertz CT molecular complexity index is 841. The molecule has 0 unspecified atom stereocenters. The summed E-state index contributed by atoms with van der Waals surface area (Å²) in [7, 11) is 6.64. The van der Waals surface area contributed by atoms with Crippen molar-refractivity contribution in [1.82, 2.24) is 0 Å². The molecule has 0 aromatic heterocycles. The molecule has 1 aliphatic rings. The van der Waals surface area contributed by atoms with Crippen molar-refractivity contribution in [2.24, 2.45) is 5.41 Å². The molecule has 1 fully saturated rings. The Morgan fingerprint density at radius 1 is 0.724 bits per heavy atom. The van der Waals surface area contributed by atoms with E-state index in [9.17, 15) is 0 Å². The van der Waals surface area contributed by atoms with Gasteiger partial charge in [-0.2, -0.15) is 0 Å². The second-order valence-electron chi connectivity index (χ2n) is 8.29. The van der Waals surface area contributed by atoms with Gasteiger partial charge in [0.2, 0.25) is 5.75 Å². The van der Waals surface area contributed by atoms with Gasteiger partial charge < -0.3 is 18.9 Å². The SMILES string of the molecule is COc1ccc(C(=C2CCC(C)(C)CC2)c2cc(OC)c(OC)c(OC)c2)cc1. The van der Waals surface area contributed by atoms with E-state index in [0.717, 1.165) is 24.2 Å². The Kier molecular flexibility index (Phi) is 6.41. The van der Waals surface area contributed by atoms with Crippen LogP contribution in [-0.2, 0) is 0 Å². The summed E-state index contributed by atoms with van der Waals surface area (Å²) < 4.78 is 22.1. The van der Waals surface area contributed by atoms with Crippen LogP contribution in [0.5, 0.6) is 23.0 Å². The van der Waals surface area contributed by atoms with Gasteiger partial charge in [-0.3, -0.25) is 0 Å². The summed E-state index contributed by atoms with van der Waals surface area (Å²) in [5, 5.41) is 0. The number of hydrogen-bond acceptors (Lipinski definition) is 4. The van der Waals surface area contributed by atoms with Crippen LogP contribution >= 0.6 is 0 Å². The monoisotopic (exact) mass is 396 g/mol. The predicted octanol–water partition coefficient (Wildman–Crippen LogP) is 6.12. The molecule has 0 heterocycles. The topological polar surface area (TPSA) is 36.9 Å². The Morgan fingerprint density at radius 2 is 1.28 bits per heavy atom. The number of methoxy groups -OCH3 is 4. The lowest BCUT2D eigenvalue weighted by molar-refractivity contribution is 0.279. The zero-order valence-corrected chi connectivity index (χ0v) is 18.4. The van der Waals surface area contributed by atoms with Gasteiger partial charge in [-0.15, -0.1) is 0 Å². The Balaban J connectivity index is 2.18. The van der Waals surface area contributed by atoms with Gasteiger partial charge in [0.25, 0.3) is 0 Å². The van der Waals surface area contributed by atoms with E-state index in [4.69, 9.17) is 18.9 Å². The van der Waals surface area contributed by atoms with Crippen molar-refractivity contribution >= 4 is 5.57 Å². The summed E-state index contributed by atoms with van der Waals surface area (Å²) in [5.41, 5.74) is 5.38. The first-order valence-corrected chi connectivity index (χ1v) is 10.1. The molecular formula is C25H32O4. The van der Waals surface area contributed by atoms with Gasteiger partial charge in [0.1, 0.15) is 5.75 Å². The third-order valence-electron chi connectivity index (χ3n) is 5.89. The van der Waals surface area contributed by atoms with Crippen LogP contribution in [0.3, 0.4) is 0 Å². The highest BCUT2D eigenvalue weighted by Gasteiger charge is 2.26. The van der Waals surface area contributed by atoms with E-state index >= 15 is 0 Å². The van der Waals surface area contributed by atoms with E-state index < -0.39 is 0 Å². The van der Waals surface area contributed by atoms with Crippen LogP contribution in [0.4, 0.5) is 0 Å². The van der Waals surface area contributed by atoms with Gasteiger partial charge in [0.15, 0.2) is 11.5 Å². The molecule has 2 aromatic carbocycles. The van der Waals surface area contributed by atoms with Crippen molar-refractivity contribution in [1.29, 1.82) is 0 Å². The number of rotatable bonds is 6. The van der Waals surface area contributed by atoms with Crippen LogP contribution < -0.4 is 18.9 Å². The van der Waals surface area contributed by atoms with E-state index in [-0.39, 0.29) is 0 Å². The maximum absolute atomic E-state index is 5.61. The van der Waals surface area contributed by atoms with Crippen molar-refractivity contribution in [2.45, 2.75) is 39.5 Å². The van der Waals surface area contributed by atoms with Crippen LogP contribution in [-0.4, -0.2) is 28.4 Å². The summed E-state index contributed by atoms with van der Waals surface area (Å²) in [5.74, 6) is 2.81. The summed E-state index contributed by atoms with van der Waals surface area (Å²) in [6, 6.07) is 12.4. The summed E-state index contributed by atoms with van der Waals surface area (Å²) in [4.78, 5) is 0. The van der Waals surface area contributed by atoms with Crippen molar-refractivity contribution in [3.8, 4) is 23.0 Å². The van der Waals surface area contributed by atoms with E-state index in [0.29, 0.717) is 22.7 Å². The molecule has 0 bridgehead atoms. The van der Waals surface area contributed by atoms with Gasteiger partial charge in [-0.25, -0.2) is 0 Å². The smallest absolute Gasteiger partial charge is 0.203 e. The van der Waals surface area contributed by atoms with Crippen molar-refractivity contribution < 1.29 is 18.9 Å². The highest BCUT2D eigenvalue weighted by Crippen LogP contribution is 2.46. The molecular weight excluding hydrogens is 364 g/mol. The van der Waals surface area contributed by atoms with Gasteiger partial charge in [0, 0.05) is 0 Å². The van der Waals surface area contributed by atoms with Gasteiger partial charge in [-0.1, -0.05) is 31.6 Å². The molecule has 29 heavy (non-hydrogen) atoms. The van der Waals surface area contributed by atoms with E-state index in [1.807, 2.05) is 24.3 Å². The fourth-order valence-corrected chi connectivity index (χ4v) is 4.04. The maximum Gasteiger partial charge on any atom is 0.203 e. The van der Waals surface area contributed by atoms with Crippen molar-refractivity contribution in [3.05, 3.63) is 53.1 Å². The lowest BCUT2D eigenvalue weighted by Gasteiger charge is -2.32. The molecule has 1 aliphatic carbocycles. The number of benzene rings is 2. The van der Waals surface area contributed by atoms with E-state index in [1.165, 1.54) is 29.6 Å². The molecule has 156 valence electrons. The molecule has 0 spiro atoms. The number of allylic oxidation sites excluding steroid dienone is 1. The standard InChI is InChI=1S/C25H32O4/c1-25(2)13-11-18(12-14-25)23(17-7-9-20(26-3)10-8-17)19-15-21(27-4)24(29-6)22(16-19)28-5/h7-10,15-16H,11-14H2,1-6H3. The van der Waals surface area contributed by atoms with Crippen LogP contribution in [0, 0.1) is 5.41 Å². The quantitative estimate of drug-likeness (QED) is 0.589. The molecule has 0 saturated heterocycles. The molecule has 0 amide bonds. The minimum Gasteiger partial charge on any atom is -0.497 e. The third kappa shape index (κ3) is 4.52. The maximum atomic E-state index is 5.61. The second-order valence-corrected chi connectivity index (χ2v) is 8.29. The van der Waals surface area contributed by atoms with Crippen molar-refractivity contribution in [2.75, 3.05) is 28.4 Å². The first-order chi connectivity index (χ1) is 13.9. The van der Waals surface area contributed by atoms with Crippen LogP contribution in [0.15, 0.2) is 42.0 Å². The van der Waals surface area contributed by atoms with Crippen LogP contribution in [0.25, 0.3) is 5.57 Å². The van der Waals surface area contributed by atoms with Gasteiger partial charge in [0.05, 0.1) is 28.4 Å². The normalized spacial score (nSPS) is 15.6. The molecule has 3 rings (SSSR count). The number of hydrogen-bond donors (Lipinski definition) is 0. The minimum absolute atomic E-state index is 0.393. The van der Waals surface area contributed by atoms with Crippen LogP contribution in [0.1, 0.15) is 50.7 Å². The summed E-state index contributed by atoms with van der Waals surface area (Å²) in [6.45, 7) is 4.71. The van der Waals surface area contributed by atoms with Crippen molar-refractivity contribution in [3.63, 3.8) is 0 Å². The first-order valence-electron chi connectivity index (χ1n) is 10.1. The molecule has 0 atom stereocenters. The zero-order chi connectivity index (χ0) is 21.0. The fraction of sp³-hybridized carbons (Fsp3) is 0.440. The van der Waals surface area contributed by atoms with Gasteiger partial charge >= 0.3 is 0 Å². The first kappa shape index (κ1) is 21.1. The molecule has 4 heteroatoms. The van der Waals surface area contributed by atoms with E-state index in [1.54, 1.807) is 28.4 Å². The molecule has 1 saturated carbocycles. The summed E-state index contributed by atoms with van der Waals surface area (Å²) in [6.07, 6.45) is 4.55. The highest BCUT2D eigenvalue weighted by atomic mass is 16.5. The molecule has 0 radical (unpaired) electrons. The van der Waals surface area contributed by atoms with E-state index in [2.05, 4.69) is 26.0 Å². The Hall–Kier alpha value is -2.62. The third-order valence-corrected chi connectivity index (χ3v) is 5.89.